The van der Waals surface area contributed by atoms with Gasteiger partial charge in [0.05, 0.1) is 4.88 Å². The third kappa shape index (κ3) is 2.29. The van der Waals surface area contributed by atoms with Gasteiger partial charge in [-0.3, -0.25) is 4.79 Å². The second kappa shape index (κ2) is 4.90. The van der Waals surface area contributed by atoms with E-state index in [0.717, 1.165) is 17.7 Å². The molecule has 0 aliphatic heterocycles. The van der Waals surface area contributed by atoms with Crippen LogP contribution in [0.2, 0.25) is 0 Å². The predicted molar refractivity (Wildman–Crippen MR) is 63.2 cm³/mol. The lowest BCUT2D eigenvalue weighted by Crippen LogP contribution is -2.32. The summed E-state index contributed by atoms with van der Waals surface area (Å²) in [6.07, 6.45) is 4.56. The third-order valence-electron chi connectivity index (χ3n) is 3.31. The monoisotopic (exact) mass is 223 g/mol. The van der Waals surface area contributed by atoms with Gasteiger partial charge in [-0.05, 0) is 36.8 Å². The lowest BCUT2D eigenvalue weighted by atomic mass is 9.76. The molecule has 3 heteroatoms. The van der Waals surface area contributed by atoms with Crippen molar-refractivity contribution in [2.24, 2.45) is 17.6 Å². The van der Waals surface area contributed by atoms with E-state index in [0.29, 0.717) is 18.2 Å². The van der Waals surface area contributed by atoms with Crippen LogP contribution in [0.5, 0.6) is 0 Å². The minimum atomic E-state index is 0.183. The van der Waals surface area contributed by atoms with Gasteiger partial charge in [0.1, 0.15) is 0 Å². The smallest absolute Gasteiger partial charge is 0.176 e. The zero-order valence-corrected chi connectivity index (χ0v) is 9.63. The molecule has 1 aromatic rings. The van der Waals surface area contributed by atoms with Crippen LogP contribution in [0.3, 0.4) is 0 Å². The highest BCUT2D eigenvalue weighted by atomic mass is 32.1. The molecule has 15 heavy (non-hydrogen) atoms. The van der Waals surface area contributed by atoms with Crippen LogP contribution in [0.15, 0.2) is 17.5 Å². The number of carbonyl (C=O) groups excluding carboxylic acids is 1. The van der Waals surface area contributed by atoms with E-state index in [2.05, 4.69) is 0 Å². The number of thiophene rings is 1. The van der Waals surface area contributed by atoms with Gasteiger partial charge in [0.15, 0.2) is 5.78 Å². The summed E-state index contributed by atoms with van der Waals surface area (Å²) in [4.78, 5) is 13.1. The van der Waals surface area contributed by atoms with Crippen molar-refractivity contribution in [3.63, 3.8) is 0 Å². The Morgan fingerprint density at radius 1 is 1.47 bits per heavy atom. The highest BCUT2D eigenvalue weighted by molar-refractivity contribution is 7.12. The zero-order valence-electron chi connectivity index (χ0n) is 8.82. The maximum Gasteiger partial charge on any atom is 0.176 e. The van der Waals surface area contributed by atoms with Gasteiger partial charge in [0, 0.05) is 5.92 Å². The molecule has 82 valence electrons. The predicted octanol–water partition coefficient (Wildman–Crippen LogP) is 2.70. The first-order chi connectivity index (χ1) is 7.33. The Balaban J connectivity index is 2.11. The van der Waals surface area contributed by atoms with Gasteiger partial charge in [-0.2, -0.15) is 0 Å². The number of carbonyl (C=O) groups is 1. The Morgan fingerprint density at radius 2 is 2.27 bits per heavy atom. The molecule has 1 aromatic heterocycles. The second-order valence-electron chi connectivity index (χ2n) is 4.23. The Morgan fingerprint density at radius 3 is 2.93 bits per heavy atom. The fraction of sp³-hybridized carbons (Fsp3) is 0.583. The highest BCUT2D eigenvalue weighted by Crippen LogP contribution is 2.32. The summed E-state index contributed by atoms with van der Waals surface area (Å²) in [7, 11) is 0. The van der Waals surface area contributed by atoms with Crippen LogP contribution in [-0.4, -0.2) is 12.3 Å². The molecule has 0 radical (unpaired) electrons. The standard InChI is InChI=1S/C12H17NOS/c13-8-9-4-1-2-5-10(9)12(14)11-6-3-7-15-11/h3,6-7,9-10H,1-2,4-5,8,13H2. The first kappa shape index (κ1) is 10.8. The number of rotatable bonds is 3. The second-order valence-corrected chi connectivity index (χ2v) is 5.18. The normalized spacial score (nSPS) is 26.5. The molecule has 0 saturated heterocycles. The van der Waals surface area contributed by atoms with Crippen LogP contribution in [0.1, 0.15) is 35.4 Å². The lowest BCUT2D eigenvalue weighted by molar-refractivity contribution is 0.0834. The van der Waals surface area contributed by atoms with Crippen molar-refractivity contribution < 1.29 is 4.79 Å². The summed E-state index contributed by atoms with van der Waals surface area (Å²) in [6, 6.07) is 3.87. The molecule has 1 aliphatic rings. The minimum Gasteiger partial charge on any atom is -0.330 e. The Kier molecular flexibility index (Phi) is 3.54. The molecule has 0 spiro atoms. The van der Waals surface area contributed by atoms with Crippen LogP contribution in [-0.2, 0) is 0 Å². The van der Waals surface area contributed by atoms with E-state index < -0.39 is 0 Å². The molecule has 2 nitrogen and oxygen atoms in total. The van der Waals surface area contributed by atoms with Crippen molar-refractivity contribution in [1.29, 1.82) is 0 Å². The maximum atomic E-state index is 12.2. The molecule has 0 bridgehead atoms. The molecule has 1 heterocycles. The summed E-state index contributed by atoms with van der Waals surface area (Å²) in [6.45, 7) is 0.655. The summed E-state index contributed by atoms with van der Waals surface area (Å²) in [5.74, 6) is 0.913. The van der Waals surface area contributed by atoms with Crippen molar-refractivity contribution in [2.45, 2.75) is 25.7 Å². The Labute approximate surface area is 94.5 Å². The van der Waals surface area contributed by atoms with Crippen molar-refractivity contribution in [1.82, 2.24) is 0 Å². The molecule has 1 fully saturated rings. The van der Waals surface area contributed by atoms with E-state index in [1.807, 2.05) is 17.5 Å². The van der Waals surface area contributed by atoms with E-state index in [-0.39, 0.29) is 5.92 Å². The van der Waals surface area contributed by atoms with E-state index in [4.69, 9.17) is 5.73 Å². The molecular weight excluding hydrogens is 206 g/mol. The zero-order chi connectivity index (χ0) is 10.7. The van der Waals surface area contributed by atoms with Gasteiger partial charge in [-0.15, -0.1) is 11.3 Å². The summed E-state index contributed by atoms with van der Waals surface area (Å²) in [5.41, 5.74) is 5.74. The third-order valence-corrected chi connectivity index (χ3v) is 4.20. The molecular formula is C12H17NOS. The Hall–Kier alpha value is -0.670. The highest BCUT2D eigenvalue weighted by Gasteiger charge is 2.30. The molecule has 2 N–H and O–H groups in total. The lowest BCUT2D eigenvalue weighted by Gasteiger charge is -2.29. The fourth-order valence-electron chi connectivity index (χ4n) is 2.44. The van der Waals surface area contributed by atoms with Crippen molar-refractivity contribution >= 4 is 17.1 Å². The number of Topliss-reactive ketones (excluding diaryl/α,β-unsaturated/α-hetero) is 1. The van der Waals surface area contributed by atoms with Gasteiger partial charge < -0.3 is 5.73 Å². The largest absolute Gasteiger partial charge is 0.330 e. The van der Waals surface area contributed by atoms with Gasteiger partial charge in [0.2, 0.25) is 0 Å². The molecule has 0 amide bonds. The van der Waals surface area contributed by atoms with Crippen molar-refractivity contribution in [3.8, 4) is 0 Å². The minimum absolute atomic E-state index is 0.183. The van der Waals surface area contributed by atoms with Crippen LogP contribution < -0.4 is 5.73 Å². The number of hydrogen-bond acceptors (Lipinski definition) is 3. The maximum absolute atomic E-state index is 12.2. The van der Waals surface area contributed by atoms with E-state index in [1.54, 1.807) is 11.3 Å². The van der Waals surface area contributed by atoms with Gasteiger partial charge in [-0.1, -0.05) is 18.9 Å². The topological polar surface area (TPSA) is 43.1 Å². The first-order valence-corrected chi connectivity index (χ1v) is 6.48. The summed E-state index contributed by atoms with van der Waals surface area (Å²) >= 11 is 1.55. The fourth-order valence-corrected chi connectivity index (χ4v) is 3.16. The average molecular weight is 223 g/mol. The SMILES string of the molecule is NCC1CCCCC1C(=O)c1cccs1. The summed E-state index contributed by atoms with van der Waals surface area (Å²) < 4.78 is 0. The van der Waals surface area contributed by atoms with Gasteiger partial charge >= 0.3 is 0 Å². The summed E-state index contributed by atoms with van der Waals surface area (Å²) in [5, 5.41) is 1.97. The molecule has 1 aliphatic carbocycles. The molecule has 1 saturated carbocycles. The molecule has 0 aromatic carbocycles. The number of ketones is 1. The van der Waals surface area contributed by atoms with Crippen LogP contribution in [0.25, 0.3) is 0 Å². The van der Waals surface area contributed by atoms with Crippen molar-refractivity contribution in [2.75, 3.05) is 6.54 Å². The van der Waals surface area contributed by atoms with Gasteiger partial charge in [0.25, 0.3) is 0 Å². The average Bonchev–Trinajstić information content (AvgIpc) is 2.81. The molecule has 2 atom stereocenters. The van der Waals surface area contributed by atoms with E-state index in [9.17, 15) is 4.79 Å². The van der Waals surface area contributed by atoms with E-state index in [1.165, 1.54) is 12.8 Å². The van der Waals surface area contributed by atoms with Crippen LogP contribution in [0.4, 0.5) is 0 Å². The Bertz CT molecular complexity index is 320. The van der Waals surface area contributed by atoms with E-state index >= 15 is 0 Å². The number of nitrogens with two attached hydrogens (primary N) is 1. The molecule has 2 rings (SSSR count). The molecule has 2 unspecified atom stereocenters. The van der Waals surface area contributed by atoms with Crippen molar-refractivity contribution in [3.05, 3.63) is 22.4 Å². The first-order valence-electron chi connectivity index (χ1n) is 5.60. The number of hydrogen-bond donors (Lipinski definition) is 1. The van der Waals surface area contributed by atoms with Gasteiger partial charge in [-0.25, -0.2) is 0 Å². The van der Waals surface area contributed by atoms with Crippen LogP contribution >= 0.6 is 11.3 Å². The quantitative estimate of drug-likeness (QED) is 0.801. The van der Waals surface area contributed by atoms with Crippen LogP contribution in [0, 0.1) is 11.8 Å².